The first kappa shape index (κ1) is 14.5. The number of hydrogen-bond acceptors (Lipinski definition) is 4. The van der Waals surface area contributed by atoms with Crippen molar-refractivity contribution in [3.63, 3.8) is 0 Å². The van der Waals surface area contributed by atoms with Crippen LogP contribution in [-0.4, -0.2) is 28.9 Å². The summed E-state index contributed by atoms with van der Waals surface area (Å²) in [6, 6.07) is 0.650. The fraction of sp³-hybridized carbons (Fsp3) is 0.462. The maximum atomic E-state index is 12.2. The lowest BCUT2D eigenvalue weighted by molar-refractivity contribution is -0.143. The topological polar surface area (TPSA) is 109 Å². The lowest BCUT2D eigenvalue weighted by Crippen LogP contribution is -2.45. The Hall–Kier alpha value is -1.89. The summed E-state index contributed by atoms with van der Waals surface area (Å²) in [5, 5.41) is 13.4. The van der Waals surface area contributed by atoms with Crippen LogP contribution < -0.4 is 11.1 Å². The first-order chi connectivity index (χ1) is 9.49. The van der Waals surface area contributed by atoms with Crippen molar-refractivity contribution in [1.29, 1.82) is 0 Å². The molecule has 1 aromatic rings. The van der Waals surface area contributed by atoms with Gasteiger partial charge < -0.3 is 16.2 Å². The Morgan fingerprint density at radius 2 is 2.25 bits per heavy atom. The molecule has 6 nitrogen and oxygen atoms in total. The predicted octanol–water partition coefficient (Wildman–Crippen LogP) is 0.613. The van der Waals surface area contributed by atoms with E-state index in [1.54, 1.807) is 11.3 Å². The highest BCUT2D eigenvalue weighted by Gasteiger charge is 2.30. The Morgan fingerprint density at radius 1 is 1.50 bits per heavy atom. The lowest BCUT2D eigenvalue weighted by atomic mass is 9.87. The van der Waals surface area contributed by atoms with Gasteiger partial charge in [-0.15, -0.1) is 11.3 Å². The molecule has 4 N–H and O–H groups in total. The largest absolute Gasteiger partial charge is 0.480 e. The number of aliphatic carboxylic acids is 1. The summed E-state index contributed by atoms with van der Waals surface area (Å²) < 4.78 is 0. The average molecular weight is 296 g/mol. The standard InChI is InChI=1S/C13H16N2O4S/c14-11(16)6-9(13(18)19)15-12(17)8-2-1-3-10-7(8)4-5-20-10/h4-5,8-9H,1-3,6H2,(H2,14,16)(H,15,17)(H,18,19)/t8?,9-/m1/s1. The number of nitrogens with two attached hydrogens (primary N) is 1. The predicted molar refractivity (Wildman–Crippen MR) is 73.4 cm³/mol. The van der Waals surface area contributed by atoms with Crippen molar-refractivity contribution < 1.29 is 19.5 Å². The van der Waals surface area contributed by atoms with E-state index in [1.807, 2.05) is 11.4 Å². The number of nitrogens with one attached hydrogen (secondary N) is 1. The highest BCUT2D eigenvalue weighted by Crippen LogP contribution is 2.35. The third-order valence-electron chi connectivity index (χ3n) is 3.39. The molecular formula is C13H16N2O4S. The van der Waals surface area contributed by atoms with E-state index in [0.717, 1.165) is 18.4 Å². The number of thiophene rings is 1. The molecule has 0 fully saturated rings. The van der Waals surface area contributed by atoms with Gasteiger partial charge in [0, 0.05) is 4.88 Å². The van der Waals surface area contributed by atoms with Crippen molar-refractivity contribution >= 4 is 29.1 Å². The Morgan fingerprint density at radius 3 is 2.90 bits per heavy atom. The van der Waals surface area contributed by atoms with Gasteiger partial charge in [0.05, 0.1) is 12.3 Å². The second kappa shape index (κ2) is 6.04. The number of aryl methyl sites for hydroxylation is 1. The van der Waals surface area contributed by atoms with Crippen molar-refractivity contribution in [2.45, 2.75) is 37.6 Å². The number of primary amides is 1. The maximum Gasteiger partial charge on any atom is 0.326 e. The van der Waals surface area contributed by atoms with E-state index >= 15 is 0 Å². The van der Waals surface area contributed by atoms with E-state index in [0.29, 0.717) is 6.42 Å². The molecule has 1 aromatic heterocycles. The van der Waals surface area contributed by atoms with E-state index in [2.05, 4.69) is 5.32 Å². The second-order valence-corrected chi connectivity index (χ2v) is 5.81. The molecule has 2 amide bonds. The Labute approximate surface area is 120 Å². The van der Waals surface area contributed by atoms with E-state index in [9.17, 15) is 14.4 Å². The first-order valence-corrected chi connectivity index (χ1v) is 7.24. The van der Waals surface area contributed by atoms with Crippen LogP contribution in [0, 0.1) is 0 Å². The van der Waals surface area contributed by atoms with E-state index in [1.165, 1.54) is 4.88 Å². The third kappa shape index (κ3) is 3.16. The van der Waals surface area contributed by atoms with Crippen LogP contribution in [0.2, 0.25) is 0 Å². The number of carboxylic acid groups (broad SMARTS) is 1. The lowest BCUT2D eigenvalue weighted by Gasteiger charge is -2.23. The molecule has 0 aromatic carbocycles. The number of rotatable bonds is 5. The molecule has 0 bridgehead atoms. The van der Waals surface area contributed by atoms with Crippen LogP contribution in [0.25, 0.3) is 0 Å². The fourth-order valence-corrected chi connectivity index (χ4v) is 3.42. The monoisotopic (exact) mass is 296 g/mol. The number of carboxylic acids is 1. The number of carbonyl (C=O) groups is 3. The number of carbonyl (C=O) groups excluding carboxylic acids is 2. The molecule has 2 atom stereocenters. The summed E-state index contributed by atoms with van der Waals surface area (Å²) in [5.41, 5.74) is 5.97. The van der Waals surface area contributed by atoms with Gasteiger partial charge in [-0.25, -0.2) is 4.79 Å². The fourth-order valence-electron chi connectivity index (χ4n) is 2.43. The molecule has 0 radical (unpaired) electrons. The van der Waals surface area contributed by atoms with Gasteiger partial charge in [-0.1, -0.05) is 0 Å². The minimum Gasteiger partial charge on any atom is -0.480 e. The van der Waals surface area contributed by atoms with Crippen molar-refractivity contribution in [3.05, 3.63) is 21.9 Å². The molecule has 0 saturated carbocycles. The Balaban J connectivity index is 2.09. The van der Waals surface area contributed by atoms with Crippen molar-refractivity contribution in [3.8, 4) is 0 Å². The maximum absolute atomic E-state index is 12.2. The molecule has 1 aliphatic carbocycles. The summed E-state index contributed by atoms with van der Waals surface area (Å²) in [4.78, 5) is 35.3. The molecule has 2 rings (SSSR count). The molecule has 108 valence electrons. The van der Waals surface area contributed by atoms with Gasteiger partial charge in [0.25, 0.3) is 0 Å². The van der Waals surface area contributed by atoms with Crippen molar-refractivity contribution in [2.24, 2.45) is 5.73 Å². The zero-order chi connectivity index (χ0) is 14.7. The summed E-state index contributed by atoms with van der Waals surface area (Å²) in [7, 11) is 0. The molecule has 0 aliphatic heterocycles. The van der Waals surface area contributed by atoms with Gasteiger partial charge in [0.2, 0.25) is 11.8 Å². The molecule has 1 aliphatic rings. The number of amides is 2. The first-order valence-electron chi connectivity index (χ1n) is 6.36. The zero-order valence-electron chi connectivity index (χ0n) is 10.8. The summed E-state index contributed by atoms with van der Waals surface area (Å²) in [6.45, 7) is 0. The molecule has 1 unspecified atom stereocenters. The second-order valence-electron chi connectivity index (χ2n) is 4.81. The minimum atomic E-state index is -1.26. The molecule has 0 spiro atoms. The Bertz CT molecular complexity index is 540. The van der Waals surface area contributed by atoms with Gasteiger partial charge in [-0.3, -0.25) is 9.59 Å². The third-order valence-corrected chi connectivity index (χ3v) is 4.38. The minimum absolute atomic E-state index is 0.334. The SMILES string of the molecule is NC(=O)C[C@@H](NC(=O)C1CCCc2sccc21)C(=O)O. The van der Waals surface area contributed by atoms with Crippen LogP contribution in [0.3, 0.4) is 0 Å². The molecular weight excluding hydrogens is 280 g/mol. The molecule has 1 heterocycles. The number of fused-ring (bicyclic) bond motifs is 1. The van der Waals surface area contributed by atoms with Gasteiger partial charge in [-0.05, 0) is 36.3 Å². The van der Waals surface area contributed by atoms with Crippen LogP contribution in [0.15, 0.2) is 11.4 Å². The smallest absolute Gasteiger partial charge is 0.326 e. The van der Waals surface area contributed by atoms with Crippen LogP contribution in [0.1, 0.15) is 35.6 Å². The highest BCUT2D eigenvalue weighted by atomic mass is 32.1. The van der Waals surface area contributed by atoms with Gasteiger partial charge >= 0.3 is 5.97 Å². The highest BCUT2D eigenvalue weighted by molar-refractivity contribution is 7.10. The zero-order valence-corrected chi connectivity index (χ0v) is 11.6. The summed E-state index contributed by atoms with van der Waals surface area (Å²) in [5.74, 6) is -2.69. The van der Waals surface area contributed by atoms with Gasteiger partial charge in [0.1, 0.15) is 6.04 Å². The average Bonchev–Trinajstić information content (AvgIpc) is 2.84. The number of hydrogen-bond donors (Lipinski definition) is 3. The van der Waals surface area contributed by atoms with E-state index < -0.39 is 24.3 Å². The molecule has 7 heteroatoms. The quantitative estimate of drug-likeness (QED) is 0.739. The van der Waals surface area contributed by atoms with Gasteiger partial charge in [-0.2, -0.15) is 0 Å². The molecule has 0 saturated heterocycles. The van der Waals surface area contributed by atoms with E-state index in [4.69, 9.17) is 10.8 Å². The normalized spacial score (nSPS) is 18.9. The molecule has 20 heavy (non-hydrogen) atoms. The van der Waals surface area contributed by atoms with Crippen LogP contribution in [-0.2, 0) is 20.8 Å². The van der Waals surface area contributed by atoms with Crippen LogP contribution in [0.4, 0.5) is 0 Å². The van der Waals surface area contributed by atoms with Crippen molar-refractivity contribution in [1.82, 2.24) is 5.32 Å². The van der Waals surface area contributed by atoms with Crippen molar-refractivity contribution in [2.75, 3.05) is 0 Å². The van der Waals surface area contributed by atoms with Gasteiger partial charge in [0.15, 0.2) is 0 Å². The summed E-state index contributed by atoms with van der Waals surface area (Å²) in [6.07, 6.45) is 2.16. The van der Waals surface area contributed by atoms with E-state index in [-0.39, 0.29) is 11.8 Å². The summed E-state index contributed by atoms with van der Waals surface area (Å²) >= 11 is 1.61. The van der Waals surface area contributed by atoms with Crippen LogP contribution in [0.5, 0.6) is 0 Å². The van der Waals surface area contributed by atoms with Crippen LogP contribution >= 0.6 is 11.3 Å². The Kier molecular flexibility index (Phi) is 4.39.